The van der Waals surface area contributed by atoms with E-state index < -0.39 is 0 Å². The van der Waals surface area contributed by atoms with Crippen molar-refractivity contribution in [1.29, 1.82) is 0 Å². The summed E-state index contributed by atoms with van der Waals surface area (Å²) in [6.45, 7) is 6.04. The van der Waals surface area contributed by atoms with E-state index in [1.165, 1.54) is 6.33 Å². The minimum Gasteiger partial charge on any atom is -0.383 e. The van der Waals surface area contributed by atoms with Crippen LogP contribution in [-0.2, 0) is 0 Å². The Hall–Kier alpha value is -3.74. The summed E-state index contributed by atoms with van der Waals surface area (Å²) in [5.41, 5.74) is 10.8. The van der Waals surface area contributed by atoms with Crippen molar-refractivity contribution in [2.75, 3.05) is 11.1 Å². The quantitative estimate of drug-likeness (QED) is 0.547. The molecule has 0 saturated carbocycles. The van der Waals surface area contributed by atoms with Gasteiger partial charge in [0, 0.05) is 22.9 Å². The van der Waals surface area contributed by atoms with Crippen LogP contribution < -0.4 is 11.1 Å². The normalized spacial score (nSPS) is 11.2. The van der Waals surface area contributed by atoms with Crippen molar-refractivity contribution in [2.45, 2.75) is 26.8 Å². The zero-order valence-corrected chi connectivity index (χ0v) is 16.5. The number of carbonyl (C=O) groups is 1. The summed E-state index contributed by atoms with van der Waals surface area (Å²) in [6, 6.07) is 15.1. The molecule has 4 aromatic rings. The second-order valence-electron chi connectivity index (χ2n) is 7.25. The average molecular weight is 386 g/mol. The first kappa shape index (κ1) is 18.6. The molecule has 7 heteroatoms. The van der Waals surface area contributed by atoms with Crippen LogP contribution >= 0.6 is 0 Å². The lowest BCUT2D eigenvalue weighted by Crippen LogP contribution is -2.11. The standard InChI is InChI=1S/C22H22N6O/c1-13(2)28-21-18(20(23)24-12-25-21)19(27-28)15-7-9-17(10-8-15)26-22(29)16-6-4-5-14(3)11-16/h4-13H,1-3H3,(H,26,29)(H2,23,24,25). The van der Waals surface area contributed by atoms with Gasteiger partial charge in [-0.05, 0) is 45.0 Å². The number of fused-ring (bicyclic) bond motifs is 1. The van der Waals surface area contributed by atoms with Gasteiger partial charge in [0.15, 0.2) is 5.65 Å². The fourth-order valence-electron chi connectivity index (χ4n) is 3.26. The molecule has 1 amide bonds. The van der Waals surface area contributed by atoms with Crippen LogP contribution in [0.25, 0.3) is 22.3 Å². The highest BCUT2D eigenvalue weighted by molar-refractivity contribution is 6.04. The molecule has 7 nitrogen and oxygen atoms in total. The number of benzene rings is 2. The number of hydrogen-bond acceptors (Lipinski definition) is 5. The van der Waals surface area contributed by atoms with Crippen LogP contribution in [0.3, 0.4) is 0 Å². The molecule has 0 saturated heterocycles. The fourth-order valence-corrected chi connectivity index (χ4v) is 3.26. The smallest absolute Gasteiger partial charge is 0.255 e. The van der Waals surface area contributed by atoms with Crippen LogP contribution in [0.4, 0.5) is 11.5 Å². The van der Waals surface area contributed by atoms with E-state index in [2.05, 4.69) is 15.3 Å². The van der Waals surface area contributed by atoms with Gasteiger partial charge in [-0.3, -0.25) is 4.79 Å². The van der Waals surface area contributed by atoms with Gasteiger partial charge in [0.1, 0.15) is 17.8 Å². The Kier molecular flexibility index (Phi) is 4.72. The zero-order chi connectivity index (χ0) is 20.5. The van der Waals surface area contributed by atoms with Crippen molar-refractivity contribution in [1.82, 2.24) is 19.7 Å². The van der Waals surface area contributed by atoms with Crippen molar-refractivity contribution < 1.29 is 4.79 Å². The lowest BCUT2D eigenvalue weighted by atomic mass is 10.1. The lowest BCUT2D eigenvalue weighted by molar-refractivity contribution is 0.102. The molecule has 0 aliphatic rings. The lowest BCUT2D eigenvalue weighted by Gasteiger charge is -2.07. The van der Waals surface area contributed by atoms with Gasteiger partial charge < -0.3 is 11.1 Å². The number of rotatable bonds is 4. The third-order valence-corrected chi connectivity index (χ3v) is 4.70. The number of anilines is 2. The number of nitrogens with one attached hydrogen (secondary N) is 1. The predicted molar refractivity (Wildman–Crippen MR) is 115 cm³/mol. The Morgan fingerprint density at radius 1 is 1.10 bits per heavy atom. The molecule has 0 bridgehead atoms. The number of nitrogens with zero attached hydrogens (tertiary/aromatic N) is 4. The van der Waals surface area contributed by atoms with Gasteiger partial charge in [0.05, 0.1) is 5.39 Å². The van der Waals surface area contributed by atoms with Gasteiger partial charge in [-0.1, -0.05) is 29.8 Å². The van der Waals surface area contributed by atoms with E-state index in [1.807, 2.05) is 67.9 Å². The number of amides is 1. The molecule has 4 rings (SSSR count). The first-order valence-corrected chi connectivity index (χ1v) is 9.41. The van der Waals surface area contributed by atoms with E-state index in [-0.39, 0.29) is 11.9 Å². The number of nitrogen functional groups attached to an aromatic ring is 1. The first-order chi connectivity index (χ1) is 13.9. The molecule has 0 aliphatic heterocycles. The largest absolute Gasteiger partial charge is 0.383 e. The second-order valence-corrected chi connectivity index (χ2v) is 7.25. The van der Waals surface area contributed by atoms with E-state index in [0.717, 1.165) is 22.2 Å². The van der Waals surface area contributed by atoms with Gasteiger partial charge in [-0.2, -0.15) is 5.10 Å². The first-order valence-electron chi connectivity index (χ1n) is 9.41. The Morgan fingerprint density at radius 3 is 2.55 bits per heavy atom. The van der Waals surface area contributed by atoms with Gasteiger partial charge in [-0.25, -0.2) is 14.6 Å². The maximum Gasteiger partial charge on any atom is 0.255 e. The zero-order valence-electron chi connectivity index (χ0n) is 16.5. The summed E-state index contributed by atoms with van der Waals surface area (Å²) < 4.78 is 1.84. The average Bonchev–Trinajstić information content (AvgIpc) is 3.10. The molecule has 2 heterocycles. The van der Waals surface area contributed by atoms with Crippen molar-refractivity contribution in [3.63, 3.8) is 0 Å². The summed E-state index contributed by atoms with van der Waals surface area (Å²) in [6.07, 6.45) is 1.45. The molecule has 0 aliphatic carbocycles. The molecule has 29 heavy (non-hydrogen) atoms. The third-order valence-electron chi connectivity index (χ3n) is 4.70. The van der Waals surface area contributed by atoms with Crippen LogP contribution in [0.2, 0.25) is 0 Å². The summed E-state index contributed by atoms with van der Waals surface area (Å²) in [7, 11) is 0. The number of nitrogens with two attached hydrogens (primary N) is 1. The Bertz CT molecular complexity index is 1190. The van der Waals surface area contributed by atoms with E-state index in [0.29, 0.717) is 22.7 Å². The maximum absolute atomic E-state index is 12.5. The van der Waals surface area contributed by atoms with Crippen molar-refractivity contribution in [2.24, 2.45) is 0 Å². The van der Waals surface area contributed by atoms with E-state index >= 15 is 0 Å². The van der Waals surface area contributed by atoms with Gasteiger partial charge in [-0.15, -0.1) is 0 Å². The maximum atomic E-state index is 12.5. The van der Waals surface area contributed by atoms with Crippen LogP contribution in [-0.4, -0.2) is 25.7 Å². The van der Waals surface area contributed by atoms with E-state index in [4.69, 9.17) is 10.8 Å². The van der Waals surface area contributed by atoms with E-state index in [1.54, 1.807) is 6.07 Å². The van der Waals surface area contributed by atoms with Gasteiger partial charge in [0.25, 0.3) is 5.91 Å². The number of carbonyl (C=O) groups excluding carboxylic acids is 1. The Labute approximate surface area is 168 Å². The van der Waals surface area contributed by atoms with Crippen LogP contribution in [0.5, 0.6) is 0 Å². The van der Waals surface area contributed by atoms with Crippen LogP contribution in [0.1, 0.15) is 35.8 Å². The highest BCUT2D eigenvalue weighted by Gasteiger charge is 2.18. The number of aryl methyl sites for hydroxylation is 1. The second kappa shape index (κ2) is 7.35. The van der Waals surface area contributed by atoms with Crippen molar-refractivity contribution in [3.8, 4) is 11.3 Å². The molecule has 0 spiro atoms. The minimum atomic E-state index is -0.145. The summed E-state index contributed by atoms with van der Waals surface area (Å²) in [5.74, 6) is 0.252. The predicted octanol–water partition coefficient (Wildman–Crippen LogP) is 4.22. The molecule has 0 unspecified atom stereocenters. The monoisotopic (exact) mass is 386 g/mol. The van der Waals surface area contributed by atoms with Crippen LogP contribution in [0, 0.1) is 6.92 Å². The summed E-state index contributed by atoms with van der Waals surface area (Å²) in [4.78, 5) is 20.9. The minimum absolute atomic E-state index is 0.133. The topological polar surface area (TPSA) is 98.7 Å². The molecule has 146 valence electrons. The Balaban J connectivity index is 1.66. The summed E-state index contributed by atoms with van der Waals surface area (Å²) >= 11 is 0. The third kappa shape index (κ3) is 3.54. The SMILES string of the molecule is Cc1cccc(C(=O)Nc2ccc(-c3nn(C(C)C)c4ncnc(N)c34)cc2)c1. The molecule has 0 atom stereocenters. The molecule has 0 fully saturated rings. The molecular formula is C22H22N6O. The summed E-state index contributed by atoms with van der Waals surface area (Å²) in [5, 5.41) is 8.37. The number of aromatic nitrogens is 4. The van der Waals surface area contributed by atoms with Crippen molar-refractivity contribution in [3.05, 3.63) is 66.0 Å². The van der Waals surface area contributed by atoms with Gasteiger partial charge in [0.2, 0.25) is 0 Å². The highest BCUT2D eigenvalue weighted by Crippen LogP contribution is 2.32. The molecular weight excluding hydrogens is 364 g/mol. The molecule has 2 aromatic heterocycles. The fraction of sp³-hybridized carbons (Fsp3) is 0.182. The van der Waals surface area contributed by atoms with Crippen LogP contribution in [0.15, 0.2) is 54.9 Å². The Morgan fingerprint density at radius 2 is 1.86 bits per heavy atom. The van der Waals surface area contributed by atoms with E-state index in [9.17, 15) is 4.79 Å². The molecule has 2 aromatic carbocycles. The molecule has 0 radical (unpaired) electrons. The number of hydrogen-bond donors (Lipinski definition) is 2. The molecule has 3 N–H and O–H groups in total. The van der Waals surface area contributed by atoms with Gasteiger partial charge >= 0.3 is 0 Å². The van der Waals surface area contributed by atoms with Crippen molar-refractivity contribution >= 4 is 28.4 Å². The highest BCUT2D eigenvalue weighted by atomic mass is 16.1.